The first kappa shape index (κ1) is 11.5. The lowest BCUT2D eigenvalue weighted by molar-refractivity contribution is -0.127. The normalized spacial score (nSPS) is 15.5. The molecule has 1 aliphatic rings. The molecule has 0 aliphatic heterocycles. The van der Waals surface area contributed by atoms with Crippen molar-refractivity contribution in [3.63, 3.8) is 0 Å². The summed E-state index contributed by atoms with van der Waals surface area (Å²) in [7, 11) is 2.37. The fraction of sp³-hybridized carbons (Fsp3) is 0.667. The van der Waals surface area contributed by atoms with Gasteiger partial charge < -0.3 is 9.47 Å². The molecule has 1 fully saturated rings. The highest BCUT2D eigenvalue weighted by Crippen LogP contribution is 2.24. The monoisotopic (exact) mass is 215 g/mol. The maximum absolute atomic E-state index is 11.2. The van der Waals surface area contributed by atoms with Gasteiger partial charge in [-0.25, -0.2) is 14.5 Å². The number of Topliss-reactive ketones (excluding diaryl/α,β-unsaturated/α-hetero) is 1. The molecule has 0 radical (unpaired) electrons. The Hall–Kier alpha value is -1.59. The van der Waals surface area contributed by atoms with Gasteiger partial charge in [-0.2, -0.15) is 0 Å². The van der Waals surface area contributed by atoms with E-state index in [0.29, 0.717) is 12.8 Å². The summed E-state index contributed by atoms with van der Waals surface area (Å²) in [6, 6.07) is 0. The molecule has 84 valence electrons. The van der Waals surface area contributed by atoms with Crippen molar-refractivity contribution in [1.82, 2.24) is 4.90 Å². The number of hydrogen-bond donors (Lipinski definition) is 0. The Morgan fingerprint density at radius 3 is 2.07 bits per heavy atom. The van der Waals surface area contributed by atoms with Crippen molar-refractivity contribution in [2.24, 2.45) is 5.92 Å². The summed E-state index contributed by atoms with van der Waals surface area (Å²) in [6.45, 7) is 0.172. The first-order chi connectivity index (χ1) is 7.08. The molecule has 0 N–H and O–H groups in total. The number of nitrogens with zero attached hydrogens (tertiary/aromatic N) is 1. The maximum Gasteiger partial charge on any atom is 0.419 e. The van der Waals surface area contributed by atoms with E-state index >= 15 is 0 Å². The van der Waals surface area contributed by atoms with E-state index in [1.807, 2.05) is 0 Å². The van der Waals surface area contributed by atoms with E-state index < -0.39 is 12.2 Å². The average Bonchev–Trinajstić information content (AvgIpc) is 2.20. The van der Waals surface area contributed by atoms with Crippen molar-refractivity contribution in [3.05, 3.63) is 0 Å². The molecule has 0 spiro atoms. The third-order valence-corrected chi connectivity index (χ3v) is 2.26. The molecule has 1 rings (SSSR count). The predicted molar refractivity (Wildman–Crippen MR) is 49.2 cm³/mol. The molecule has 0 aromatic carbocycles. The molecule has 0 heterocycles. The number of imide groups is 1. The number of carbonyl (C=O) groups excluding carboxylic acids is 3. The minimum Gasteiger partial charge on any atom is -0.452 e. The number of amides is 2. The second kappa shape index (κ2) is 4.77. The smallest absolute Gasteiger partial charge is 0.419 e. The molecule has 15 heavy (non-hydrogen) atoms. The number of ketones is 1. The first-order valence-corrected chi connectivity index (χ1v) is 4.53. The van der Waals surface area contributed by atoms with Crippen molar-refractivity contribution >= 4 is 18.0 Å². The largest absolute Gasteiger partial charge is 0.452 e. The summed E-state index contributed by atoms with van der Waals surface area (Å²) < 4.78 is 8.87. The summed E-state index contributed by atoms with van der Waals surface area (Å²) in [5, 5.41) is 0. The Morgan fingerprint density at radius 2 is 1.73 bits per heavy atom. The SMILES string of the molecule is COC(=O)N(CC1CC(=O)C1)C(=O)OC. The molecular weight excluding hydrogens is 202 g/mol. The van der Waals surface area contributed by atoms with Crippen LogP contribution < -0.4 is 0 Å². The summed E-state index contributed by atoms with van der Waals surface area (Å²) in [5.41, 5.74) is 0. The van der Waals surface area contributed by atoms with E-state index in [1.165, 1.54) is 14.2 Å². The summed E-state index contributed by atoms with van der Waals surface area (Å²) in [6.07, 6.45) is -0.711. The Balaban J connectivity index is 2.53. The Bertz CT molecular complexity index is 264. The molecule has 0 atom stereocenters. The first-order valence-electron chi connectivity index (χ1n) is 4.53. The lowest BCUT2D eigenvalue weighted by Gasteiger charge is -2.28. The number of ether oxygens (including phenoxy) is 2. The summed E-state index contributed by atoms with van der Waals surface area (Å²) >= 11 is 0. The van der Waals surface area contributed by atoms with Gasteiger partial charge in [0.25, 0.3) is 0 Å². The minimum atomic E-state index is -0.763. The average molecular weight is 215 g/mol. The Morgan fingerprint density at radius 1 is 1.27 bits per heavy atom. The van der Waals surface area contributed by atoms with Crippen molar-refractivity contribution in [2.75, 3.05) is 20.8 Å². The molecule has 0 aromatic rings. The topological polar surface area (TPSA) is 72.9 Å². The van der Waals surface area contributed by atoms with Crippen LogP contribution in [-0.4, -0.2) is 43.6 Å². The van der Waals surface area contributed by atoms with Gasteiger partial charge in [0.2, 0.25) is 0 Å². The van der Waals surface area contributed by atoms with E-state index in [-0.39, 0.29) is 18.2 Å². The van der Waals surface area contributed by atoms with E-state index in [2.05, 4.69) is 9.47 Å². The van der Waals surface area contributed by atoms with Gasteiger partial charge in [0.05, 0.1) is 14.2 Å². The highest BCUT2D eigenvalue weighted by molar-refractivity contribution is 5.89. The van der Waals surface area contributed by atoms with Gasteiger partial charge in [-0.1, -0.05) is 0 Å². The zero-order valence-corrected chi connectivity index (χ0v) is 8.69. The van der Waals surface area contributed by atoms with Gasteiger partial charge in [-0.3, -0.25) is 4.79 Å². The Kier molecular flexibility index (Phi) is 3.65. The van der Waals surface area contributed by atoms with Crippen molar-refractivity contribution < 1.29 is 23.9 Å². The third kappa shape index (κ3) is 2.68. The van der Waals surface area contributed by atoms with Crippen LogP contribution in [0.4, 0.5) is 9.59 Å². The quantitative estimate of drug-likeness (QED) is 0.681. The van der Waals surface area contributed by atoms with Gasteiger partial charge >= 0.3 is 12.2 Å². The van der Waals surface area contributed by atoms with Crippen molar-refractivity contribution in [3.8, 4) is 0 Å². The van der Waals surface area contributed by atoms with Gasteiger partial charge in [-0.05, 0) is 5.92 Å². The highest BCUT2D eigenvalue weighted by atomic mass is 16.6. The van der Waals surface area contributed by atoms with Crippen LogP contribution in [0.3, 0.4) is 0 Å². The number of methoxy groups -OCH3 is 2. The standard InChI is InChI=1S/C9H13NO5/c1-14-8(12)10(9(13)15-2)5-6-3-7(11)4-6/h6H,3-5H2,1-2H3. The lowest BCUT2D eigenvalue weighted by atomic mass is 9.84. The van der Waals surface area contributed by atoms with Gasteiger partial charge in [-0.15, -0.1) is 0 Å². The van der Waals surface area contributed by atoms with E-state index in [0.717, 1.165) is 4.90 Å². The van der Waals surface area contributed by atoms with Crippen LogP contribution in [0.5, 0.6) is 0 Å². The van der Waals surface area contributed by atoms with Crippen LogP contribution >= 0.6 is 0 Å². The molecule has 0 saturated heterocycles. The number of rotatable bonds is 2. The minimum absolute atomic E-state index is 0.0377. The maximum atomic E-state index is 11.2. The third-order valence-electron chi connectivity index (χ3n) is 2.26. The van der Waals surface area contributed by atoms with Gasteiger partial charge in [0.1, 0.15) is 5.78 Å². The van der Waals surface area contributed by atoms with Gasteiger partial charge in [0, 0.05) is 19.4 Å². The molecule has 6 heteroatoms. The van der Waals surface area contributed by atoms with Crippen LogP contribution in [0.25, 0.3) is 0 Å². The zero-order chi connectivity index (χ0) is 11.4. The molecule has 0 aromatic heterocycles. The molecule has 1 saturated carbocycles. The zero-order valence-electron chi connectivity index (χ0n) is 8.69. The molecule has 0 bridgehead atoms. The second-order valence-corrected chi connectivity index (χ2v) is 3.36. The van der Waals surface area contributed by atoms with Crippen LogP contribution in [0.15, 0.2) is 0 Å². The fourth-order valence-corrected chi connectivity index (χ4v) is 1.42. The number of carbonyl (C=O) groups is 3. The molecule has 2 amide bonds. The summed E-state index contributed by atoms with van der Waals surface area (Å²) in [5.74, 6) is 0.186. The highest BCUT2D eigenvalue weighted by Gasteiger charge is 2.33. The van der Waals surface area contributed by atoms with E-state index in [9.17, 15) is 14.4 Å². The van der Waals surface area contributed by atoms with Crippen molar-refractivity contribution in [1.29, 1.82) is 0 Å². The van der Waals surface area contributed by atoms with Crippen LogP contribution in [0.2, 0.25) is 0 Å². The Labute approximate surface area is 87.1 Å². The summed E-state index contributed by atoms with van der Waals surface area (Å²) in [4.78, 5) is 34.0. The van der Waals surface area contributed by atoms with Crippen LogP contribution in [-0.2, 0) is 14.3 Å². The number of hydrogen-bond acceptors (Lipinski definition) is 5. The molecule has 6 nitrogen and oxygen atoms in total. The fourth-order valence-electron chi connectivity index (χ4n) is 1.42. The predicted octanol–water partition coefficient (Wildman–Crippen LogP) is 0.800. The second-order valence-electron chi connectivity index (χ2n) is 3.36. The molecular formula is C9H13NO5. The van der Waals surface area contributed by atoms with E-state index in [1.54, 1.807) is 0 Å². The van der Waals surface area contributed by atoms with Crippen LogP contribution in [0, 0.1) is 5.92 Å². The van der Waals surface area contributed by atoms with E-state index in [4.69, 9.17) is 0 Å². The molecule has 0 unspecified atom stereocenters. The van der Waals surface area contributed by atoms with Gasteiger partial charge in [0.15, 0.2) is 0 Å². The van der Waals surface area contributed by atoms with Crippen LogP contribution in [0.1, 0.15) is 12.8 Å². The molecule has 1 aliphatic carbocycles. The van der Waals surface area contributed by atoms with Crippen molar-refractivity contribution in [2.45, 2.75) is 12.8 Å². The lowest BCUT2D eigenvalue weighted by Crippen LogP contribution is -2.43.